The third-order valence-electron chi connectivity index (χ3n) is 10.3. The molecule has 11 aromatic rings. The third kappa shape index (κ3) is 3.78. The highest BCUT2D eigenvalue weighted by Gasteiger charge is 2.21. The lowest BCUT2D eigenvalue weighted by molar-refractivity contribution is 0.669. The largest absolute Gasteiger partial charge is 0.456 e. The molecule has 0 saturated heterocycles. The first-order valence-corrected chi connectivity index (χ1v) is 16.8. The molecule has 3 heterocycles. The maximum atomic E-state index is 6.38. The fraction of sp³-hybridized carbons (Fsp3) is 0. The van der Waals surface area contributed by atoms with Crippen LogP contribution in [-0.4, -0.2) is 9.13 Å². The molecule has 0 unspecified atom stereocenters. The van der Waals surface area contributed by atoms with E-state index in [9.17, 15) is 0 Å². The van der Waals surface area contributed by atoms with Gasteiger partial charge in [0.2, 0.25) is 0 Å². The average Bonchev–Trinajstić information content (AvgIpc) is 3.81. The summed E-state index contributed by atoms with van der Waals surface area (Å²) < 4.78 is 11.2. The van der Waals surface area contributed by atoms with E-state index in [1.54, 1.807) is 0 Å². The number of aromatic nitrogens is 2. The summed E-state index contributed by atoms with van der Waals surface area (Å²) in [6, 6.07) is 61.3. The minimum absolute atomic E-state index is 0.901. The van der Waals surface area contributed by atoms with Gasteiger partial charge in [0.25, 0.3) is 0 Å². The number of furan rings is 1. The van der Waals surface area contributed by atoms with Gasteiger partial charge in [-0.25, -0.2) is 0 Å². The molecule has 0 aliphatic carbocycles. The quantitative estimate of drug-likeness (QED) is 0.192. The number of nitrogens with zero attached hydrogens (tertiary/aromatic N) is 2. The van der Waals surface area contributed by atoms with Crippen LogP contribution in [0, 0.1) is 0 Å². The van der Waals surface area contributed by atoms with Gasteiger partial charge in [-0.1, -0.05) is 103 Å². The summed E-state index contributed by atoms with van der Waals surface area (Å²) in [5, 5.41) is 9.71. The molecule has 0 N–H and O–H groups in total. The van der Waals surface area contributed by atoms with E-state index in [0.717, 1.165) is 33.3 Å². The minimum atomic E-state index is 0.901. The van der Waals surface area contributed by atoms with E-state index in [1.807, 2.05) is 0 Å². The zero-order chi connectivity index (χ0) is 32.1. The topological polar surface area (TPSA) is 23.0 Å². The number of hydrogen-bond acceptors (Lipinski definition) is 1. The molecule has 0 atom stereocenters. The lowest BCUT2D eigenvalue weighted by Crippen LogP contribution is -1.95. The summed E-state index contributed by atoms with van der Waals surface area (Å²) in [4.78, 5) is 0. The van der Waals surface area contributed by atoms with Gasteiger partial charge in [-0.3, -0.25) is 0 Å². The van der Waals surface area contributed by atoms with Crippen LogP contribution in [0.3, 0.4) is 0 Å². The number of rotatable bonds is 3. The summed E-state index contributed by atoms with van der Waals surface area (Å²) in [6.45, 7) is 0. The van der Waals surface area contributed by atoms with Crippen LogP contribution in [0.5, 0.6) is 0 Å². The molecule has 3 nitrogen and oxygen atoms in total. The number of hydrogen-bond donors (Lipinski definition) is 0. The summed E-state index contributed by atoms with van der Waals surface area (Å²) in [5.41, 5.74) is 11.3. The Bertz CT molecular complexity index is 3090. The molecule has 0 fully saturated rings. The fourth-order valence-electron chi connectivity index (χ4n) is 8.10. The van der Waals surface area contributed by atoms with Crippen molar-refractivity contribution in [1.29, 1.82) is 0 Å². The van der Waals surface area contributed by atoms with E-state index >= 15 is 0 Å². The second-order valence-electron chi connectivity index (χ2n) is 12.9. The van der Waals surface area contributed by atoms with Crippen LogP contribution in [0.2, 0.25) is 0 Å². The molecule has 3 heteroatoms. The fourth-order valence-corrected chi connectivity index (χ4v) is 8.10. The standard InChI is InChI=1S/C46H28N2O/c1-2-10-29(11-3-1)30-18-20-33(21-19-30)47-39-16-8-6-14-35(39)45-41(47)23-24-42-46(45)36-15-7-9-17-40(36)48(42)34-22-25-43-38(28-34)37-26-31-12-4-5-13-32(31)27-44(37)49-43/h1-28H. The minimum Gasteiger partial charge on any atom is -0.456 e. The van der Waals surface area contributed by atoms with Crippen molar-refractivity contribution < 1.29 is 4.42 Å². The van der Waals surface area contributed by atoms with E-state index < -0.39 is 0 Å². The molecule has 49 heavy (non-hydrogen) atoms. The van der Waals surface area contributed by atoms with E-state index in [2.05, 4.69) is 179 Å². The lowest BCUT2D eigenvalue weighted by Gasteiger charge is -2.10. The van der Waals surface area contributed by atoms with Crippen molar-refractivity contribution >= 4 is 76.3 Å². The molecule has 228 valence electrons. The van der Waals surface area contributed by atoms with Crippen molar-refractivity contribution in [3.63, 3.8) is 0 Å². The van der Waals surface area contributed by atoms with Gasteiger partial charge in [-0.05, 0) is 88.6 Å². The Morgan fingerprint density at radius 3 is 1.55 bits per heavy atom. The van der Waals surface area contributed by atoms with Gasteiger partial charge in [0.05, 0.1) is 22.1 Å². The van der Waals surface area contributed by atoms with Gasteiger partial charge >= 0.3 is 0 Å². The van der Waals surface area contributed by atoms with E-state index in [0.29, 0.717) is 0 Å². The van der Waals surface area contributed by atoms with Gasteiger partial charge in [-0.2, -0.15) is 0 Å². The van der Waals surface area contributed by atoms with Crippen LogP contribution >= 0.6 is 0 Å². The second kappa shape index (κ2) is 9.96. The first-order valence-electron chi connectivity index (χ1n) is 16.8. The van der Waals surface area contributed by atoms with E-state index in [-0.39, 0.29) is 0 Å². The maximum Gasteiger partial charge on any atom is 0.136 e. The molecule has 0 spiro atoms. The normalized spacial score (nSPS) is 12.1. The molecular formula is C46H28N2O. The van der Waals surface area contributed by atoms with Crippen LogP contribution in [0.15, 0.2) is 174 Å². The average molecular weight is 625 g/mol. The monoisotopic (exact) mass is 624 g/mol. The van der Waals surface area contributed by atoms with Crippen molar-refractivity contribution in [2.45, 2.75) is 0 Å². The lowest BCUT2D eigenvalue weighted by atomic mass is 10.1. The smallest absolute Gasteiger partial charge is 0.136 e. The molecule has 11 rings (SSSR count). The van der Waals surface area contributed by atoms with Crippen LogP contribution in [0.4, 0.5) is 0 Å². The SMILES string of the molecule is c1ccc(-c2ccc(-n3c4ccccc4c4c5c6ccccc6n(-c6ccc7oc8cc9ccccc9cc8c7c6)c5ccc43)cc2)cc1. The first-order chi connectivity index (χ1) is 24.3. The van der Waals surface area contributed by atoms with Crippen LogP contribution in [0.25, 0.3) is 98.8 Å². The van der Waals surface area contributed by atoms with Crippen molar-refractivity contribution in [3.05, 3.63) is 170 Å². The Morgan fingerprint density at radius 2 is 0.857 bits per heavy atom. The maximum absolute atomic E-state index is 6.38. The van der Waals surface area contributed by atoms with Gasteiger partial charge in [-0.15, -0.1) is 0 Å². The summed E-state index contributed by atoms with van der Waals surface area (Å²) in [5.74, 6) is 0. The molecule has 0 aliphatic heterocycles. The Kier molecular flexibility index (Phi) is 5.38. The van der Waals surface area contributed by atoms with Crippen molar-refractivity contribution in [3.8, 4) is 22.5 Å². The number of benzene rings is 8. The highest BCUT2D eigenvalue weighted by Crippen LogP contribution is 2.43. The summed E-state index contributed by atoms with van der Waals surface area (Å²) >= 11 is 0. The van der Waals surface area contributed by atoms with Gasteiger partial charge in [0.15, 0.2) is 0 Å². The Balaban J connectivity index is 1.18. The molecular weight excluding hydrogens is 597 g/mol. The van der Waals surface area contributed by atoms with Crippen LogP contribution < -0.4 is 0 Å². The predicted octanol–water partition coefficient (Wildman–Crippen LogP) is 12.6. The van der Waals surface area contributed by atoms with Crippen molar-refractivity contribution in [2.75, 3.05) is 0 Å². The Labute approximate surface area is 281 Å². The van der Waals surface area contributed by atoms with Gasteiger partial charge in [0.1, 0.15) is 11.2 Å². The zero-order valence-electron chi connectivity index (χ0n) is 26.5. The second-order valence-corrected chi connectivity index (χ2v) is 12.9. The zero-order valence-corrected chi connectivity index (χ0v) is 26.5. The number of para-hydroxylation sites is 2. The molecule has 0 radical (unpaired) electrons. The number of fused-ring (bicyclic) bond motifs is 11. The summed E-state index contributed by atoms with van der Waals surface area (Å²) in [7, 11) is 0. The van der Waals surface area contributed by atoms with Crippen molar-refractivity contribution in [1.82, 2.24) is 9.13 Å². The van der Waals surface area contributed by atoms with Crippen LogP contribution in [0.1, 0.15) is 0 Å². The highest BCUT2D eigenvalue weighted by molar-refractivity contribution is 6.29. The first kappa shape index (κ1) is 26.5. The van der Waals surface area contributed by atoms with E-state index in [1.165, 1.54) is 65.5 Å². The Morgan fingerprint density at radius 1 is 0.327 bits per heavy atom. The van der Waals surface area contributed by atoms with Gasteiger partial charge in [0, 0.05) is 43.7 Å². The molecule has 0 saturated carbocycles. The molecule has 8 aromatic carbocycles. The van der Waals surface area contributed by atoms with Crippen LogP contribution in [-0.2, 0) is 0 Å². The molecule has 0 aliphatic rings. The van der Waals surface area contributed by atoms with Gasteiger partial charge < -0.3 is 13.6 Å². The molecule has 0 bridgehead atoms. The predicted molar refractivity (Wildman–Crippen MR) is 205 cm³/mol. The summed E-state index contributed by atoms with van der Waals surface area (Å²) in [6.07, 6.45) is 0. The van der Waals surface area contributed by atoms with E-state index in [4.69, 9.17) is 4.42 Å². The Hall–Kier alpha value is -6.58. The third-order valence-corrected chi connectivity index (χ3v) is 10.3. The molecule has 3 aromatic heterocycles. The molecule has 0 amide bonds. The van der Waals surface area contributed by atoms with Crippen molar-refractivity contribution in [2.24, 2.45) is 0 Å². The highest BCUT2D eigenvalue weighted by atomic mass is 16.3.